The van der Waals surface area contributed by atoms with Gasteiger partial charge in [-0.05, 0) is 49.1 Å². The van der Waals surface area contributed by atoms with Crippen molar-refractivity contribution < 1.29 is 4.79 Å². The van der Waals surface area contributed by atoms with Gasteiger partial charge >= 0.3 is 0 Å². The highest BCUT2D eigenvalue weighted by Gasteiger charge is 2.31. The van der Waals surface area contributed by atoms with Crippen LogP contribution in [-0.4, -0.2) is 38.4 Å². The van der Waals surface area contributed by atoms with Crippen LogP contribution in [0.4, 0.5) is 0 Å². The molecule has 3 aromatic rings. The Labute approximate surface area is 160 Å². The minimum atomic E-state index is 0.122. The molecular weight excluding hydrogens is 336 g/mol. The lowest BCUT2D eigenvalue weighted by Gasteiger charge is -2.17. The van der Waals surface area contributed by atoms with Crippen molar-refractivity contribution in [2.24, 2.45) is 0 Å². The van der Waals surface area contributed by atoms with Gasteiger partial charge < -0.3 is 9.47 Å². The average molecular weight is 362 g/mol. The predicted octanol–water partition coefficient (Wildman–Crippen LogP) is 4.03. The summed E-state index contributed by atoms with van der Waals surface area (Å²) in [5.74, 6) is 1.46. The molecule has 0 bridgehead atoms. The molecule has 1 amide bonds. The third kappa shape index (κ3) is 3.34. The van der Waals surface area contributed by atoms with Crippen molar-refractivity contribution in [3.63, 3.8) is 0 Å². The third-order valence-corrected chi connectivity index (χ3v) is 5.43. The van der Waals surface area contributed by atoms with Crippen LogP contribution in [0.1, 0.15) is 54.4 Å². The molecule has 0 saturated carbocycles. The molecule has 1 aromatic carbocycles. The number of rotatable bonds is 5. The Morgan fingerprint density at radius 1 is 1.19 bits per heavy atom. The number of aryl methyl sites for hydroxylation is 2. The molecule has 5 heteroatoms. The standard InChI is InChI=1S/C22H26N4O/c1-3-13-26-20(24-19-6-5-12-23-21(19)26)18-11-14-25(15-18)22(27)17-9-7-16(4-2)8-10-17/h5-10,12,18H,3-4,11,13-15H2,1-2H3/t18-/m0/s1. The van der Waals surface area contributed by atoms with E-state index in [1.54, 1.807) is 0 Å². The van der Waals surface area contributed by atoms with E-state index in [0.717, 1.165) is 61.4 Å². The van der Waals surface area contributed by atoms with Crippen molar-refractivity contribution in [1.29, 1.82) is 0 Å². The summed E-state index contributed by atoms with van der Waals surface area (Å²) in [6, 6.07) is 11.9. The van der Waals surface area contributed by atoms with Gasteiger partial charge in [0.1, 0.15) is 11.3 Å². The highest BCUT2D eigenvalue weighted by Crippen LogP contribution is 2.30. The molecule has 1 aliphatic rings. The van der Waals surface area contributed by atoms with E-state index < -0.39 is 0 Å². The molecule has 1 fully saturated rings. The summed E-state index contributed by atoms with van der Waals surface area (Å²) < 4.78 is 2.24. The van der Waals surface area contributed by atoms with Crippen LogP contribution in [-0.2, 0) is 13.0 Å². The minimum absolute atomic E-state index is 0.122. The Balaban J connectivity index is 1.56. The number of nitrogens with zero attached hydrogens (tertiary/aromatic N) is 4. The van der Waals surface area contributed by atoms with Gasteiger partial charge in [0.05, 0.1) is 0 Å². The van der Waals surface area contributed by atoms with Crippen molar-refractivity contribution >= 4 is 17.1 Å². The summed E-state index contributed by atoms with van der Waals surface area (Å²) >= 11 is 0. The maximum Gasteiger partial charge on any atom is 0.253 e. The van der Waals surface area contributed by atoms with Gasteiger partial charge in [-0.25, -0.2) is 9.97 Å². The molecule has 0 unspecified atom stereocenters. The number of aromatic nitrogens is 3. The monoisotopic (exact) mass is 362 g/mol. The number of hydrogen-bond acceptors (Lipinski definition) is 3. The van der Waals surface area contributed by atoms with E-state index in [9.17, 15) is 4.79 Å². The van der Waals surface area contributed by atoms with Crippen LogP contribution < -0.4 is 0 Å². The number of amides is 1. The Bertz CT molecular complexity index is 945. The molecule has 0 radical (unpaired) electrons. The van der Waals surface area contributed by atoms with Crippen LogP contribution >= 0.6 is 0 Å². The second kappa shape index (κ2) is 7.51. The maximum atomic E-state index is 12.9. The zero-order valence-corrected chi connectivity index (χ0v) is 16.1. The molecule has 1 atom stereocenters. The van der Waals surface area contributed by atoms with Crippen molar-refractivity contribution in [2.45, 2.75) is 45.6 Å². The van der Waals surface area contributed by atoms with Crippen molar-refractivity contribution in [3.05, 3.63) is 59.5 Å². The third-order valence-electron chi connectivity index (χ3n) is 5.43. The molecular formula is C22H26N4O. The number of imidazole rings is 1. The molecule has 0 N–H and O–H groups in total. The number of hydrogen-bond donors (Lipinski definition) is 0. The fraction of sp³-hybridized carbons (Fsp3) is 0.409. The number of likely N-dealkylation sites (tertiary alicyclic amines) is 1. The lowest BCUT2D eigenvalue weighted by molar-refractivity contribution is 0.0790. The predicted molar refractivity (Wildman–Crippen MR) is 107 cm³/mol. The zero-order chi connectivity index (χ0) is 18.8. The lowest BCUT2D eigenvalue weighted by Crippen LogP contribution is -2.28. The van der Waals surface area contributed by atoms with E-state index in [-0.39, 0.29) is 11.8 Å². The summed E-state index contributed by atoms with van der Waals surface area (Å²) in [4.78, 5) is 24.3. The molecule has 1 saturated heterocycles. The summed E-state index contributed by atoms with van der Waals surface area (Å²) in [7, 11) is 0. The van der Waals surface area contributed by atoms with Crippen LogP contribution in [0.2, 0.25) is 0 Å². The lowest BCUT2D eigenvalue weighted by atomic mass is 10.1. The van der Waals surface area contributed by atoms with E-state index in [1.807, 2.05) is 47.5 Å². The summed E-state index contributed by atoms with van der Waals surface area (Å²) in [6.45, 7) is 6.71. The van der Waals surface area contributed by atoms with Gasteiger partial charge in [-0.1, -0.05) is 26.0 Å². The molecule has 2 aromatic heterocycles. The fourth-order valence-corrected chi connectivity index (χ4v) is 3.95. The normalized spacial score (nSPS) is 17.0. The first kappa shape index (κ1) is 17.7. The molecule has 140 valence electrons. The van der Waals surface area contributed by atoms with Gasteiger partial charge in [-0.2, -0.15) is 0 Å². The number of fused-ring (bicyclic) bond motifs is 1. The van der Waals surface area contributed by atoms with E-state index in [1.165, 1.54) is 5.56 Å². The molecule has 0 spiro atoms. The molecule has 27 heavy (non-hydrogen) atoms. The summed E-state index contributed by atoms with van der Waals surface area (Å²) in [6.07, 6.45) is 4.80. The largest absolute Gasteiger partial charge is 0.338 e. The highest BCUT2D eigenvalue weighted by molar-refractivity contribution is 5.94. The second-order valence-corrected chi connectivity index (χ2v) is 7.26. The average Bonchev–Trinajstić information content (AvgIpc) is 3.33. The Morgan fingerprint density at radius 3 is 2.74 bits per heavy atom. The number of pyridine rings is 1. The summed E-state index contributed by atoms with van der Waals surface area (Å²) in [5, 5.41) is 0. The van der Waals surface area contributed by atoms with Crippen LogP contribution in [0.15, 0.2) is 42.6 Å². The molecule has 4 rings (SSSR count). The highest BCUT2D eigenvalue weighted by atomic mass is 16.2. The maximum absolute atomic E-state index is 12.9. The first-order valence-electron chi connectivity index (χ1n) is 9.90. The van der Waals surface area contributed by atoms with Gasteiger partial charge in [0.25, 0.3) is 5.91 Å². The van der Waals surface area contributed by atoms with Crippen molar-refractivity contribution in [3.8, 4) is 0 Å². The fourth-order valence-electron chi connectivity index (χ4n) is 3.95. The first-order valence-corrected chi connectivity index (χ1v) is 9.90. The molecule has 0 aliphatic carbocycles. The van der Waals surface area contributed by atoms with E-state index in [0.29, 0.717) is 0 Å². The number of benzene rings is 1. The topological polar surface area (TPSA) is 51.0 Å². The van der Waals surface area contributed by atoms with E-state index in [2.05, 4.69) is 23.4 Å². The smallest absolute Gasteiger partial charge is 0.253 e. The van der Waals surface area contributed by atoms with Gasteiger partial charge in [0, 0.05) is 37.3 Å². The SMILES string of the molecule is CCCn1c([C@H]2CCN(C(=O)c3ccc(CC)cc3)C2)nc2cccnc21. The number of carbonyl (C=O) groups excluding carboxylic acids is 1. The molecule has 5 nitrogen and oxygen atoms in total. The van der Waals surface area contributed by atoms with Gasteiger partial charge in [0.15, 0.2) is 5.65 Å². The van der Waals surface area contributed by atoms with Crippen LogP contribution in [0.25, 0.3) is 11.2 Å². The molecule has 3 heterocycles. The van der Waals surface area contributed by atoms with Crippen molar-refractivity contribution in [1.82, 2.24) is 19.4 Å². The van der Waals surface area contributed by atoms with Gasteiger partial charge in [-0.15, -0.1) is 0 Å². The van der Waals surface area contributed by atoms with E-state index >= 15 is 0 Å². The van der Waals surface area contributed by atoms with Gasteiger partial charge in [-0.3, -0.25) is 4.79 Å². The minimum Gasteiger partial charge on any atom is -0.338 e. The quantitative estimate of drug-likeness (QED) is 0.688. The Morgan fingerprint density at radius 2 is 2.00 bits per heavy atom. The van der Waals surface area contributed by atoms with Gasteiger partial charge in [0.2, 0.25) is 0 Å². The Hall–Kier alpha value is -2.69. The van der Waals surface area contributed by atoms with Crippen LogP contribution in [0.5, 0.6) is 0 Å². The van der Waals surface area contributed by atoms with E-state index in [4.69, 9.17) is 4.98 Å². The first-order chi connectivity index (χ1) is 13.2. The van der Waals surface area contributed by atoms with Crippen LogP contribution in [0, 0.1) is 0 Å². The number of carbonyl (C=O) groups is 1. The summed E-state index contributed by atoms with van der Waals surface area (Å²) in [5.41, 5.74) is 3.93. The Kier molecular flexibility index (Phi) is 4.92. The second-order valence-electron chi connectivity index (χ2n) is 7.26. The van der Waals surface area contributed by atoms with Crippen LogP contribution in [0.3, 0.4) is 0 Å². The zero-order valence-electron chi connectivity index (χ0n) is 16.1. The van der Waals surface area contributed by atoms with Crippen molar-refractivity contribution in [2.75, 3.05) is 13.1 Å². The molecule has 1 aliphatic heterocycles.